The van der Waals surface area contributed by atoms with Crippen molar-refractivity contribution in [3.63, 3.8) is 0 Å². The highest BCUT2D eigenvalue weighted by Crippen LogP contribution is 2.31. The second kappa shape index (κ2) is 5.15. The van der Waals surface area contributed by atoms with Crippen LogP contribution in [0.4, 0.5) is 0 Å². The molecule has 2 N–H and O–H groups in total. The molecule has 1 aromatic carbocycles. The van der Waals surface area contributed by atoms with Gasteiger partial charge in [-0.1, -0.05) is 30.3 Å². The van der Waals surface area contributed by atoms with Gasteiger partial charge in [0.25, 0.3) is 0 Å². The summed E-state index contributed by atoms with van der Waals surface area (Å²) >= 11 is 0. The van der Waals surface area contributed by atoms with E-state index in [1.165, 1.54) is 0 Å². The summed E-state index contributed by atoms with van der Waals surface area (Å²) in [5.74, 6) is -0.0364. The van der Waals surface area contributed by atoms with E-state index in [2.05, 4.69) is 11.9 Å². The van der Waals surface area contributed by atoms with Crippen molar-refractivity contribution in [2.24, 2.45) is 0 Å². The molecule has 0 saturated carbocycles. The number of carbonyl (C=O) groups is 1. The lowest BCUT2D eigenvalue weighted by atomic mass is 10.1. The Bertz CT molecular complexity index is 428. The molecule has 2 unspecified atom stereocenters. The number of hydrogen-bond donors (Lipinski definition) is 2. The number of fused-ring (bicyclic) bond motifs is 1. The topological polar surface area (TPSA) is 49.3 Å². The molecule has 2 atom stereocenters. The van der Waals surface area contributed by atoms with Gasteiger partial charge in [-0.15, -0.1) is 6.58 Å². The van der Waals surface area contributed by atoms with E-state index in [9.17, 15) is 9.90 Å². The minimum absolute atomic E-state index is 0.0364. The molecular weight excluding hydrogens is 214 g/mol. The second-order valence-electron chi connectivity index (χ2n) is 4.34. The average Bonchev–Trinajstić information content (AvgIpc) is 2.64. The van der Waals surface area contributed by atoms with Crippen molar-refractivity contribution in [3.8, 4) is 0 Å². The van der Waals surface area contributed by atoms with Gasteiger partial charge >= 0.3 is 0 Å². The Morgan fingerprint density at radius 2 is 2.29 bits per heavy atom. The van der Waals surface area contributed by atoms with Gasteiger partial charge in [0.2, 0.25) is 5.91 Å². The molecule has 0 aromatic heterocycles. The average molecular weight is 231 g/mol. The van der Waals surface area contributed by atoms with E-state index in [1.54, 1.807) is 6.08 Å². The van der Waals surface area contributed by atoms with E-state index in [0.717, 1.165) is 11.1 Å². The van der Waals surface area contributed by atoms with E-state index >= 15 is 0 Å². The zero-order valence-electron chi connectivity index (χ0n) is 9.73. The Labute approximate surface area is 101 Å². The maximum absolute atomic E-state index is 11.6. The maximum atomic E-state index is 11.6. The molecule has 0 saturated heterocycles. The van der Waals surface area contributed by atoms with Gasteiger partial charge in [0, 0.05) is 12.8 Å². The highest BCUT2D eigenvalue weighted by Gasteiger charge is 2.31. The predicted octanol–water partition coefficient (Wildman–Crippen LogP) is 1.73. The quantitative estimate of drug-likeness (QED) is 0.775. The number of hydrogen-bond acceptors (Lipinski definition) is 2. The van der Waals surface area contributed by atoms with E-state index in [0.29, 0.717) is 19.3 Å². The Morgan fingerprint density at radius 3 is 3.06 bits per heavy atom. The first-order valence-electron chi connectivity index (χ1n) is 5.88. The largest absolute Gasteiger partial charge is 0.390 e. The lowest BCUT2D eigenvalue weighted by Crippen LogP contribution is -2.33. The minimum atomic E-state index is -0.514. The fourth-order valence-corrected chi connectivity index (χ4v) is 2.23. The Hall–Kier alpha value is -1.61. The number of amides is 1. The molecule has 3 nitrogen and oxygen atoms in total. The molecule has 1 aromatic rings. The number of benzene rings is 1. The van der Waals surface area contributed by atoms with Crippen LogP contribution in [0.1, 0.15) is 30.0 Å². The highest BCUT2D eigenvalue weighted by molar-refractivity contribution is 5.76. The zero-order valence-corrected chi connectivity index (χ0v) is 9.73. The van der Waals surface area contributed by atoms with Crippen molar-refractivity contribution in [3.05, 3.63) is 48.0 Å². The van der Waals surface area contributed by atoms with Crippen molar-refractivity contribution in [1.29, 1.82) is 0 Å². The molecule has 90 valence electrons. The Kier molecular flexibility index (Phi) is 3.59. The van der Waals surface area contributed by atoms with Gasteiger partial charge in [0.05, 0.1) is 12.1 Å². The Morgan fingerprint density at radius 1 is 1.53 bits per heavy atom. The molecular formula is C14H17NO2. The van der Waals surface area contributed by atoms with Crippen LogP contribution in [-0.4, -0.2) is 17.1 Å². The normalized spacial score (nSPS) is 21.9. The van der Waals surface area contributed by atoms with Crippen molar-refractivity contribution < 1.29 is 9.90 Å². The van der Waals surface area contributed by atoms with Crippen LogP contribution in [0, 0.1) is 0 Å². The lowest BCUT2D eigenvalue weighted by molar-refractivity contribution is -0.122. The van der Waals surface area contributed by atoms with Crippen molar-refractivity contribution in [1.82, 2.24) is 5.32 Å². The molecule has 17 heavy (non-hydrogen) atoms. The van der Waals surface area contributed by atoms with Gasteiger partial charge in [0.15, 0.2) is 0 Å². The molecule has 0 radical (unpaired) electrons. The van der Waals surface area contributed by atoms with Gasteiger partial charge in [-0.2, -0.15) is 0 Å². The van der Waals surface area contributed by atoms with E-state index in [4.69, 9.17) is 0 Å². The standard InChI is InChI=1S/C14H17NO2/c1-2-3-8-13(17)15-14-11-7-5-4-6-10(11)9-12(14)16/h2,4-7,12,14,16H,1,3,8-9H2,(H,15,17). The van der Waals surface area contributed by atoms with Gasteiger partial charge in [-0.3, -0.25) is 4.79 Å². The van der Waals surface area contributed by atoms with Crippen LogP contribution in [0.5, 0.6) is 0 Å². The molecule has 0 heterocycles. The number of rotatable bonds is 4. The zero-order chi connectivity index (χ0) is 12.3. The summed E-state index contributed by atoms with van der Waals surface area (Å²) < 4.78 is 0. The first-order chi connectivity index (χ1) is 8.22. The van der Waals surface area contributed by atoms with E-state index < -0.39 is 6.10 Å². The van der Waals surface area contributed by atoms with E-state index in [-0.39, 0.29) is 11.9 Å². The lowest BCUT2D eigenvalue weighted by Gasteiger charge is -2.17. The van der Waals surface area contributed by atoms with Crippen LogP contribution in [0.25, 0.3) is 0 Å². The van der Waals surface area contributed by atoms with Crippen LogP contribution < -0.4 is 5.32 Å². The van der Waals surface area contributed by atoms with Gasteiger partial charge in [-0.25, -0.2) is 0 Å². The van der Waals surface area contributed by atoms with Crippen LogP contribution in [0.3, 0.4) is 0 Å². The summed E-state index contributed by atoms with van der Waals surface area (Å²) in [4.78, 5) is 11.6. The van der Waals surface area contributed by atoms with Crippen molar-refractivity contribution >= 4 is 5.91 Å². The molecule has 3 heteroatoms. The van der Waals surface area contributed by atoms with Gasteiger partial charge < -0.3 is 10.4 Å². The molecule has 0 fully saturated rings. The van der Waals surface area contributed by atoms with Crippen LogP contribution in [0.2, 0.25) is 0 Å². The summed E-state index contributed by atoms with van der Waals surface area (Å²) in [6.45, 7) is 3.59. The Balaban J connectivity index is 2.06. The first-order valence-corrected chi connectivity index (χ1v) is 5.88. The van der Waals surface area contributed by atoms with Crippen molar-refractivity contribution in [2.75, 3.05) is 0 Å². The summed E-state index contributed by atoms with van der Waals surface area (Å²) in [5, 5.41) is 12.8. The number of carbonyl (C=O) groups excluding carboxylic acids is 1. The van der Waals surface area contributed by atoms with Crippen LogP contribution in [0.15, 0.2) is 36.9 Å². The fraction of sp³-hybridized carbons (Fsp3) is 0.357. The molecule has 1 amide bonds. The summed E-state index contributed by atoms with van der Waals surface area (Å²) in [7, 11) is 0. The molecule has 2 rings (SSSR count). The van der Waals surface area contributed by atoms with Gasteiger partial charge in [-0.05, 0) is 17.5 Å². The minimum Gasteiger partial charge on any atom is -0.390 e. The smallest absolute Gasteiger partial charge is 0.220 e. The summed E-state index contributed by atoms with van der Waals surface area (Å²) in [5.41, 5.74) is 2.15. The molecule has 0 aliphatic heterocycles. The fourth-order valence-electron chi connectivity index (χ4n) is 2.23. The number of allylic oxidation sites excluding steroid dienone is 1. The first kappa shape index (κ1) is 11.9. The monoisotopic (exact) mass is 231 g/mol. The number of nitrogens with one attached hydrogen (secondary N) is 1. The molecule has 0 bridgehead atoms. The van der Waals surface area contributed by atoms with Crippen LogP contribution >= 0.6 is 0 Å². The third-order valence-electron chi connectivity index (χ3n) is 3.10. The third-order valence-corrected chi connectivity index (χ3v) is 3.10. The molecule has 1 aliphatic rings. The number of aliphatic hydroxyl groups excluding tert-OH is 1. The SMILES string of the molecule is C=CCCC(=O)NC1c2ccccc2CC1O. The van der Waals surface area contributed by atoms with Gasteiger partial charge in [0.1, 0.15) is 0 Å². The summed E-state index contributed by atoms with van der Waals surface area (Å²) in [6, 6.07) is 7.58. The second-order valence-corrected chi connectivity index (χ2v) is 4.34. The third kappa shape index (κ3) is 2.56. The highest BCUT2D eigenvalue weighted by atomic mass is 16.3. The van der Waals surface area contributed by atoms with Crippen molar-refractivity contribution in [2.45, 2.75) is 31.4 Å². The maximum Gasteiger partial charge on any atom is 0.220 e. The predicted molar refractivity (Wildman–Crippen MR) is 66.5 cm³/mol. The number of aliphatic hydroxyl groups is 1. The molecule has 0 spiro atoms. The summed E-state index contributed by atoms with van der Waals surface area (Å²) in [6.07, 6.45) is 2.91. The van der Waals surface area contributed by atoms with E-state index in [1.807, 2.05) is 24.3 Å². The van der Waals surface area contributed by atoms with Crippen LogP contribution in [-0.2, 0) is 11.2 Å². The molecule has 1 aliphatic carbocycles.